The largest absolute Gasteiger partial charge is 0.481 e. The molecule has 2 N–H and O–H groups in total. The fraction of sp³-hybridized carbons (Fsp3) is 0.778. The maximum Gasteiger partial charge on any atom is 0.309 e. The number of amides is 1. The monoisotopic (exact) mass is 595 g/mol. The highest BCUT2D eigenvalue weighted by Gasteiger charge is 2.70. The number of carboxylic acid groups (broad SMARTS) is 1. The molecule has 0 heterocycles. The Morgan fingerprint density at radius 3 is 2.30 bits per heavy atom. The molecule has 238 valence electrons. The maximum absolute atomic E-state index is 14.5. The smallest absolute Gasteiger partial charge is 0.309 e. The minimum Gasteiger partial charge on any atom is -0.481 e. The van der Waals surface area contributed by atoms with E-state index in [1.807, 2.05) is 13.0 Å². The van der Waals surface area contributed by atoms with Crippen molar-refractivity contribution in [2.45, 2.75) is 112 Å². The van der Waals surface area contributed by atoms with E-state index >= 15 is 0 Å². The number of nitrogens with one attached hydrogen (secondary N) is 1. The number of hydrogen-bond acceptors (Lipinski definition) is 5. The molecule has 7 nitrogen and oxygen atoms in total. The normalized spacial score (nSPS) is 45.4. The average Bonchev–Trinajstić information content (AvgIpc) is 2.92. The van der Waals surface area contributed by atoms with Crippen LogP contribution < -0.4 is 5.32 Å². The van der Waals surface area contributed by atoms with E-state index in [-0.39, 0.29) is 69.2 Å². The van der Waals surface area contributed by atoms with Crippen LogP contribution in [0.5, 0.6) is 0 Å². The van der Waals surface area contributed by atoms with Gasteiger partial charge in [0.05, 0.1) is 12.0 Å². The standard InChI is InChI=1S/C36H53NO6/c1-31(2)26-9-12-36(7)29(34(26,5)11-10-27(31)37-28(40)17-22(20-38)21-43-8)25(39)18-23-24-19-33(4,30(41)42)14-13-32(24,3)15-16-35(23,36)6/h17-18,20,24,26-27,29H,9-16,19,21H2,1-8H3,(H,37,40)(H,41,42)/b22-17-/t24?,26-,27?,29?,32?,33-,34-,35+,36+/m0/s1. The number of carbonyl (C=O) groups is 4. The molecule has 43 heavy (non-hydrogen) atoms. The van der Waals surface area contributed by atoms with Gasteiger partial charge in [-0.25, -0.2) is 0 Å². The van der Waals surface area contributed by atoms with Gasteiger partial charge in [-0.3, -0.25) is 19.2 Å². The van der Waals surface area contributed by atoms with Crippen molar-refractivity contribution < 1.29 is 29.0 Å². The zero-order valence-corrected chi connectivity index (χ0v) is 27.6. The lowest BCUT2D eigenvalue weighted by Crippen LogP contribution is -2.67. The predicted molar refractivity (Wildman–Crippen MR) is 165 cm³/mol. The van der Waals surface area contributed by atoms with Crippen LogP contribution in [-0.2, 0) is 23.9 Å². The Labute approximate surface area is 257 Å². The Hall–Kier alpha value is -2.28. The van der Waals surface area contributed by atoms with Gasteiger partial charge in [-0.2, -0.15) is 0 Å². The number of aliphatic carboxylic acids is 1. The highest BCUT2D eigenvalue weighted by molar-refractivity contribution is 5.96. The Balaban J connectivity index is 1.48. The number of ether oxygens (including phenoxy) is 1. The van der Waals surface area contributed by atoms with E-state index in [2.05, 4.69) is 46.9 Å². The first-order chi connectivity index (χ1) is 19.9. The maximum atomic E-state index is 14.5. The summed E-state index contributed by atoms with van der Waals surface area (Å²) in [5, 5.41) is 13.4. The van der Waals surface area contributed by atoms with E-state index in [0.29, 0.717) is 24.7 Å². The minimum atomic E-state index is -0.758. The van der Waals surface area contributed by atoms with Crippen LogP contribution in [0.1, 0.15) is 106 Å². The van der Waals surface area contributed by atoms with Gasteiger partial charge in [-0.1, -0.05) is 47.1 Å². The third-order valence-electron chi connectivity index (χ3n) is 14.2. The topological polar surface area (TPSA) is 110 Å². The number of carbonyl (C=O) groups excluding carboxylic acids is 3. The van der Waals surface area contributed by atoms with Crippen molar-refractivity contribution in [1.29, 1.82) is 0 Å². The first kappa shape index (κ1) is 32.1. The van der Waals surface area contributed by atoms with Gasteiger partial charge in [0.15, 0.2) is 5.78 Å². The van der Waals surface area contributed by atoms with Crippen LogP contribution in [0.15, 0.2) is 23.3 Å². The quantitative estimate of drug-likeness (QED) is 0.275. The van der Waals surface area contributed by atoms with Crippen molar-refractivity contribution in [3.63, 3.8) is 0 Å². The van der Waals surface area contributed by atoms with Crippen LogP contribution >= 0.6 is 0 Å². The molecule has 0 saturated heterocycles. The third kappa shape index (κ3) is 4.61. The predicted octanol–water partition coefficient (Wildman–Crippen LogP) is 6.31. The molecule has 0 aliphatic heterocycles. The van der Waals surface area contributed by atoms with Crippen molar-refractivity contribution in [3.8, 4) is 0 Å². The molecule has 0 spiro atoms. The average molecular weight is 596 g/mol. The van der Waals surface area contributed by atoms with Gasteiger partial charge in [-0.15, -0.1) is 0 Å². The second kappa shape index (κ2) is 10.4. The number of fused-ring (bicyclic) bond motifs is 7. The number of methoxy groups -OCH3 is 1. The molecule has 0 aromatic heterocycles. The van der Waals surface area contributed by atoms with Crippen LogP contribution in [0.3, 0.4) is 0 Å². The van der Waals surface area contributed by atoms with E-state index in [1.165, 1.54) is 18.8 Å². The Morgan fingerprint density at radius 2 is 1.67 bits per heavy atom. The molecular formula is C36H53NO6. The summed E-state index contributed by atoms with van der Waals surface area (Å²) in [6, 6.07) is -0.0687. The molecule has 5 aliphatic carbocycles. The Morgan fingerprint density at radius 1 is 1.00 bits per heavy atom. The van der Waals surface area contributed by atoms with Crippen LogP contribution in [0.4, 0.5) is 0 Å². The molecule has 0 bridgehead atoms. The van der Waals surface area contributed by atoms with Crippen molar-refractivity contribution in [2.24, 2.45) is 50.2 Å². The molecule has 0 radical (unpaired) electrons. The lowest BCUT2D eigenvalue weighted by molar-refractivity contribution is -0.189. The second-order valence-electron chi connectivity index (χ2n) is 16.7. The van der Waals surface area contributed by atoms with Crippen molar-refractivity contribution in [3.05, 3.63) is 23.3 Å². The zero-order chi connectivity index (χ0) is 31.8. The van der Waals surface area contributed by atoms with Crippen LogP contribution in [0, 0.1) is 50.2 Å². The summed E-state index contributed by atoms with van der Waals surface area (Å²) < 4.78 is 5.04. The summed E-state index contributed by atoms with van der Waals surface area (Å²) >= 11 is 0. The number of hydrogen-bond donors (Lipinski definition) is 2. The van der Waals surface area contributed by atoms with E-state index in [1.54, 1.807) is 0 Å². The number of aldehydes is 1. The van der Waals surface area contributed by atoms with Gasteiger partial charge in [0.1, 0.15) is 6.29 Å². The van der Waals surface area contributed by atoms with Crippen LogP contribution in [-0.4, -0.2) is 48.8 Å². The molecular weight excluding hydrogens is 542 g/mol. The Kier molecular flexibility index (Phi) is 7.76. The van der Waals surface area contributed by atoms with Crippen molar-refractivity contribution >= 4 is 23.9 Å². The SMILES string of the molecule is COC/C(C=O)=C\C(=O)NC1CC[C@]2(C)C3C(=O)C=C4C5C[C@@](C)(C(=O)O)CCC5(C)CC[C@@]4(C)[C@]3(C)CC[C@H]2C1(C)C. The first-order valence-corrected chi connectivity index (χ1v) is 16.4. The van der Waals surface area contributed by atoms with Gasteiger partial charge >= 0.3 is 5.97 Å². The van der Waals surface area contributed by atoms with Crippen molar-refractivity contribution in [2.75, 3.05) is 13.7 Å². The third-order valence-corrected chi connectivity index (χ3v) is 14.2. The molecule has 0 aromatic rings. The minimum absolute atomic E-state index is 0.0323. The van der Waals surface area contributed by atoms with Gasteiger partial charge < -0.3 is 15.2 Å². The first-order valence-electron chi connectivity index (χ1n) is 16.4. The zero-order valence-electron chi connectivity index (χ0n) is 27.6. The fourth-order valence-corrected chi connectivity index (χ4v) is 11.3. The van der Waals surface area contributed by atoms with Crippen LogP contribution in [0.25, 0.3) is 0 Å². The number of ketones is 1. The van der Waals surface area contributed by atoms with E-state index in [9.17, 15) is 24.3 Å². The molecule has 4 saturated carbocycles. The number of rotatable bonds is 6. The fourth-order valence-electron chi connectivity index (χ4n) is 11.3. The molecule has 4 unspecified atom stereocenters. The summed E-state index contributed by atoms with van der Waals surface area (Å²) in [7, 11) is 1.50. The molecule has 4 fully saturated rings. The van der Waals surface area contributed by atoms with Gasteiger partial charge in [0, 0.05) is 30.7 Å². The van der Waals surface area contributed by atoms with E-state index in [0.717, 1.165) is 44.9 Å². The summed E-state index contributed by atoms with van der Waals surface area (Å²) in [5.74, 6) is -0.535. The summed E-state index contributed by atoms with van der Waals surface area (Å²) in [6.07, 6.45) is 11.8. The Bertz CT molecular complexity index is 1280. The lowest BCUT2D eigenvalue weighted by Gasteiger charge is -2.70. The highest BCUT2D eigenvalue weighted by atomic mass is 16.5. The summed E-state index contributed by atoms with van der Waals surface area (Å²) in [5.41, 5.74) is -0.0322. The lowest BCUT2D eigenvalue weighted by atomic mass is 9.33. The van der Waals surface area contributed by atoms with E-state index < -0.39 is 11.4 Å². The van der Waals surface area contributed by atoms with Gasteiger partial charge in [-0.05, 0) is 110 Å². The summed E-state index contributed by atoms with van der Waals surface area (Å²) in [4.78, 5) is 51.2. The van der Waals surface area contributed by atoms with E-state index in [4.69, 9.17) is 4.74 Å². The highest BCUT2D eigenvalue weighted by Crippen LogP contribution is 2.75. The molecule has 7 heteroatoms. The number of carboxylic acids is 1. The molecule has 0 aromatic carbocycles. The molecule has 5 aliphatic rings. The van der Waals surface area contributed by atoms with Crippen molar-refractivity contribution in [1.82, 2.24) is 5.32 Å². The van der Waals surface area contributed by atoms with Gasteiger partial charge in [0.25, 0.3) is 0 Å². The van der Waals surface area contributed by atoms with Gasteiger partial charge in [0.2, 0.25) is 5.91 Å². The molecule has 5 rings (SSSR count). The molecule has 9 atom stereocenters. The molecule has 1 amide bonds. The summed E-state index contributed by atoms with van der Waals surface area (Å²) in [6.45, 7) is 15.9. The number of allylic oxidation sites excluding steroid dienone is 2. The van der Waals surface area contributed by atoms with Crippen LogP contribution in [0.2, 0.25) is 0 Å². The second-order valence-corrected chi connectivity index (χ2v) is 16.7.